The minimum atomic E-state index is -0.335. The Bertz CT molecular complexity index is 1100. The van der Waals surface area contributed by atoms with E-state index in [9.17, 15) is 9.59 Å². The smallest absolute Gasteiger partial charge is 0.257 e. The van der Waals surface area contributed by atoms with E-state index in [1.807, 2.05) is 54.6 Å². The van der Waals surface area contributed by atoms with E-state index >= 15 is 0 Å². The van der Waals surface area contributed by atoms with Gasteiger partial charge in [-0.15, -0.1) is 0 Å². The van der Waals surface area contributed by atoms with Gasteiger partial charge in [0.1, 0.15) is 11.6 Å². The third kappa shape index (κ3) is 5.17. The largest absolute Gasteiger partial charge is 0.494 e. The van der Waals surface area contributed by atoms with Crippen molar-refractivity contribution in [2.45, 2.75) is 43.0 Å². The van der Waals surface area contributed by atoms with Crippen LogP contribution in [0.15, 0.2) is 64.5 Å². The molecular weight excluding hydrogens is 410 g/mol. The van der Waals surface area contributed by atoms with Crippen molar-refractivity contribution >= 4 is 23.5 Å². The summed E-state index contributed by atoms with van der Waals surface area (Å²) in [6.07, 6.45) is 2.29. The van der Waals surface area contributed by atoms with Crippen molar-refractivity contribution in [2.75, 3.05) is 11.9 Å². The molecule has 0 fully saturated rings. The summed E-state index contributed by atoms with van der Waals surface area (Å²) < 4.78 is 5.72. The number of H-pyrrole nitrogens is 1. The molecule has 1 aliphatic rings. The third-order valence-electron chi connectivity index (χ3n) is 5.20. The average molecular weight is 436 g/mol. The molecular formula is C24H25N3O3S. The van der Waals surface area contributed by atoms with Gasteiger partial charge in [-0.2, -0.15) is 0 Å². The van der Waals surface area contributed by atoms with Gasteiger partial charge >= 0.3 is 0 Å². The Labute approximate surface area is 185 Å². The van der Waals surface area contributed by atoms with Crippen LogP contribution < -0.4 is 15.6 Å². The number of aromatic amines is 1. The molecule has 1 atom stereocenters. The van der Waals surface area contributed by atoms with Gasteiger partial charge in [0.25, 0.3) is 5.56 Å². The van der Waals surface area contributed by atoms with E-state index in [0.29, 0.717) is 28.9 Å². The lowest BCUT2D eigenvalue weighted by atomic mass is 9.87. The van der Waals surface area contributed by atoms with Gasteiger partial charge in [-0.3, -0.25) is 9.59 Å². The van der Waals surface area contributed by atoms with Crippen LogP contribution in [0.5, 0.6) is 5.75 Å². The molecule has 0 aliphatic carbocycles. The SMILES string of the molecule is CCCCOc1ccc([C@H]2CC(=O)Nc3nc(SCc4ccccc4)[nH]c(=O)c32)cc1. The number of nitrogens with zero attached hydrogens (tertiary/aromatic N) is 1. The number of rotatable bonds is 8. The standard InChI is InChI=1S/C24H25N3O3S/c1-2-3-13-30-18-11-9-17(10-12-18)19-14-20(28)25-22-21(19)23(29)27-24(26-22)31-15-16-7-5-4-6-8-16/h4-12,19H,2-3,13-15H2,1H3,(H2,25,26,27,28,29)/t19-/m1/s1. The maximum absolute atomic E-state index is 12.9. The number of unbranched alkanes of at least 4 members (excludes halogenated alkanes) is 1. The number of hydrogen-bond acceptors (Lipinski definition) is 5. The molecule has 31 heavy (non-hydrogen) atoms. The minimum Gasteiger partial charge on any atom is -0.494 e. The van der Waals surface area contributed by atoms with Crippen LogP contribution in [0.4, 0.5) is 5.82 Å². The highest BCUT2D eigenvalue weighted by Crippen LogP contribution is 2.35. The maximum atomic E-state index is 12.9. The summed E-state index contributed by atoms with van der Waals surface area (Å²) >= 11 is 1.44. The number of hydrogen-bond donors (Lipinski definition) is 2. The van der Waals surface area contributed by atoms with Crippen LogP contribution in [0, 0.1) is 0 Å². The highest BCUT2D eigenvalue weighted by Gasteiger charge is 2.31. The molecule has 2 heterocycles. The Balaban J connectivity index is 1.56. The van der Waals surface area contributed by atoms with E-state index in [1.54, 1.807) is 0 Å². The Morgan fingerprint density at radius 3 is 2.61 bits per heavy atom. The van der Waals surface area contributed by atoms with Gasteiger partial charge in [0.15, 0.2) is 5.16 Å². The number of anilines is 1. The summed E-state index contributed by atoms with van der Waals surface area (Å²) in [5, 5.41) is 3.27. The quantitative estimate of drug-likeness (QED) is 0.304. The van der Waals surface area contributed by atoms with Crippen molar-refractivity contribution in [3.05, 3.63) is 81.6 Å². The second kappa shape index (κ2) is 9.83. The lowest BCUT2D eigenvalue weighted by Crippen LogP contribution is -2.31. The van der Waals surface area contributed by atoms with E-state index in [0.717, 1.165) is 29.7 Å². The molecule has 7 heteroatoms. The van der Waals surface area contributed by atoms with Crippen molar-refractivity contribution in [1.29, 1.82) is 0 Å². The monoisotopic (exact) mass is 435 g/mol. The van der Waals surface area contributed by atoms with Gasteiger partial charge in [0.2, 0.25) is 5.91 Å². The molecule has 2 N–H and O–H groups in total. The minimum absolute atomic E-state index is 0.141. The van der Waals surface area contributed by atoms with Crippen LogP contribution in [0.1, 0.15) is 48.8 Å². The molecule has 3 aromatic rings. The molecule has 0 saturated heterocycles. The number of amides is 1. The topological polar surface area (TPSA) is 84.1 Å². The predicted molar refractivity (Wildman–Crippen MR) is 123 cm³/mol. The third-order valence-corrected chi connectivity index (χ3v) is 6.14. The van der Waals surface area contributed by atoms with E-state index in [-0.39, 0.29) is 23.8 Å². The number of nitrogens with one attached hydrogen (secondary N) is 2. The molecule has 1 aromatic heterocycles. The number of fused-ring (bicyclic) bond motifs is 1. The molecule has 1 aliphatic heterocycles. The molecule has 1 amide bonds. The molecule has 160 valence electrons. The molecule has 0 radical (unpaired) electrons. The first kappa shape index (κ1) is 21.2. The van der Waals surface area contributed by atoms with Gasteiger partial charge in [0.05, 0.1) is 12.2 Å². The molecule has 0 saturated carbocycles. The number of carbonyl (C=O) groups excluding carboxylic acids is 1. The van der Waals surface area contributed by atoms with Crippen LogP contribution in [0.2, 0.25) is 0 Å². The summed E-state index contributed by atoms with van der Waals surface area (Å²) in [6.45, 7) is 2.80. The highest BCUT2D eigenvalue weighted by atomic mass is 32.2. The Morgan fingerprint density at radius 1 is 1.10 bits per heavy atom. The first-order chi connectivity index (χ1) is 15.1. The van der Waals surface area contributed by atoms with Crippen LogP contribution >= 0.6 is 11.8 Å². The summed E-state index contributed by atoms with van der Waals surface area (Å²) in [6, 6.07) is 17.6. The van der Waals surface area contributed by atoms with Gasteiger partial charge < -0.3 is 15.0 Å². The summed E-state index contributed by atoms with van der Waals surface area (Å²) in [5.74, 6) is 1.34. The van der Waals surface area contributed by atoms with E-state index in [4.69, 9.17) is 4.74 Å². The molecule has 2 aromatic carbocycles. The zero-order valence-electron chi connectivity index (χ0n) is 17.4. The van der Waals surface area contributed by atoms with Crippen molar-refractivity contribution in [3.8, 4) is 5.75 Å². The highest BCUT2D eigenvalue weighted by molar-refractivity contribution is 7.98. The van der Waals surface area contributed by atoms with Gasteiger partial charge in [0, 0.05) is 18.1 Å². The number of carbonyl (C=O) groups is 1. The normalized spacial score (nSPS) is 15.3. The van der Waals surface area contributed by atoms with E-state index in [2.05, 4.69) is 22.2 Å². The van der Waals surface area contributed by atoms with Crippen molar-refractivity contribution in [3.63, 3.8) is 0 Å². The van der Waals surface area contributed by atoms with Crippen molar-refractivity contribution in [1.82, 2.24) is 9.97 Å². The molecule has 0 spiro atoms. The number of aromatic nitrogens is 2. The zero-order chi connectivity index (χ0) is 21.6. The second-order valence-electron chi connectivity index (χ2n) is 7.48. The molecule has 6 nitrogen and oxygen atoms in total. The average Bonchev–Trinajstić information content (AvgIpc) is 2.78. The molecule has 0 unspecified atom stereocenters. The fraction of sp³-hybridized carbons (Fsp3) is 0.292. The lowest BCUT2D eigenvalue weighted by molar-refractivity contribution is -0.116. The summed E-state index contributed by atoms with van der Waals surface area (Å²) in [4.78, 5) is 32.7. The maximum Gasteiger partial charge on any atom is 0.257 e. The lowest BCUT2D eigenvalue weighted by Gasteiger charge is -2.24. The van der Waals surface area contributed by atoms with Crippen LogP contribution in [0.25, 0.3) is 0 Å². The fourth-order valence-electron chi connectivity index (χ4n) is 3.56. The summed E-state index contributed by atoms with van der Waals surface area (Å²) in [7, 11) is 0. The van der Waals surface area contributed by atoms with Crippen LogP contribution in [0.3, 0.4) is 0 Å². The predicted octanol–water partition coefficient (Wildman–Crippen LogP) is 4.72. The van der Waals surface area contributed by atoms with E-state index in [1.165, 1.54) is 11.8 Å². The van der Waals surface area contributed by atoms with Gasteiger partial charge in [-0.05, 0) is 29.7 Å². The number of benzene rings is 2. The molecule has 0 bridgehead atoms. The zero-order valence-corrected chi connectivity index (χ0v) is 18.2. The van der Waals surface area contributed by atoms with Crippen molar-refractivity contribution in [2.24, 2.45) is 0 Å². The van der Waals surface area contributed by atoms with Gasteiger partial charge in [-0.1, -0.05) is 67.6 Å². The Hall–Kier alpha value is -3.06. The first-order valence-corrected chi connectivity index (χ1v) is 11.5. The Morgan fingerprint density at radius 2 is 1.87 bits per heavy atom. The summed E-state index contributed by atoms with van der Waals surface area (Å²) in [5.41, 5.74) is 2.32. The van der Waals surface area contributed by atoms with Gasteiger partial charge in [-0.25, -0.2) is 4.98 Å². The molecule has 4 rings (SSSR count). The Kier molecular flexibility index (Phi) is 6.72. The first-order valence-electron chi connectivity index (χ1n) is 10.5. The van der Waals surface area contributed by atoms with Crippen LogP contribution in [-0.2, 0) is 10.5 Å². The van der Waals surface area contributed by atoms with Crippen molar-refractivity contribution < 1.29 is 9.53 Å². The number of thioether (sulfide) groups is 1. The number of ether oxygens (including phenoxy) is 1. The fourth-order valence-corrected chi connectivity index (χ4v) is 4.38. The van der Waals surface area contributed by atoms with E-state index < -0.39 is 0 Å². The van der Waals surface area contributed by atoms with Crippen LogP contribution in [-0.4, -0.2) is 22.5 Å². The second-order valence-corrected chi connectivity index (χ2v) is 8.45.